The Hall–Kier alpha value is -5.88. The summed E-state index contributed by atoms with van der Waals surface area (Å²) in [6.45, 7) is 9.71. The second-order valence-electron chi connectivity index (χ2n) is 13.5. The Morgan fingerprint density at radius 3 is 1.29 bits per heavy atom. The highest BCUT2D eigenvalue weighted by molar-refractivity contribution is 6.12. The van der Waals surface area contributed by atoms with Gasteiger partial charge in [-0.1, -0.05) is 84.9 Å². The maximum absolute atomic E-state index is 6.62. The minimum atomic E-state index is 0.0314. The highest BCUT2D eigenvalue weighted by Gasteiger charge is 2.41. The molecule has 49 heavy (non-hydrogen) atoms. The van der Waals surface area contributed by atoms with Crippen LogP contribution in [0.4, 0.5) is 34.1 Å². The van der Waals surface area contributed by atoms with E-state index in [4.69, 9.17) is 8.83 Å². The van der Waals surface area contributed by atoms with Crippen molar-refractivity contribution in [1.82, 2.24) is 0 Å². The Morgan fingerprint density at radius 1 is 0.449 bits per heavy atom. The molecule has 0 saturated carbocycles. The van der Waals surface area contributed by atoms with Crippen LogP contribution >= 0.6 is 0 Å². The molecule has 240 valence electrons. The molecule has 0 spiro atoms. The van der Waals surface area contributed by atoms with Gasteiger partial charge in [-0.05, 0) is 75.2 Å². The molecular formula is C43H36N4O2. The number of aryl methyl sites for hydroxylation is 2. The van der Waals surface area contributed by atoms with E-state index in [1.807, 2.05) is 12.1 Å². The first kappa shape index (κ1) is 28.2. The molecule has 8 aromatic rings. The van der Waals surface area contributed by atoms with Gasteiger partial charge in [-0.2, -0.15) is 0 Å². The van der Waals surface area contributed by atoms with E-state index in [9.17, 15) is 0 Å². The topological polar surface area (TPSA) is 39.2 Å². The number of nitrogens with zero attached hydrogens (tertiary/aromatic N) is 4. The minimum Gasteiger partial charge on any atom is -0.454 e. The van der Waals surface area contributed by atoms with Gasteiger partial charge in [-0.3, -0.25) is 0 Å². The van der Waals surface area contributed by atoms with E-state index in [0.29, 0.717) is 6.67 Å². The second-order valence-corrected chi connectivity index (χ2v) is 13.5. The molecule has 2 aromatic heterocycles. The molecule has 0 aliphatic carbocycles. The van der Waals surface area contributed by atoms with Crippen molar-refractivity contribution in [2.24, 2.45) is 0 Å². The monoisotopic (exact) mass is 640 g/mol. The number of para-hydroxylation sites is 6. The number of hydrogen-bond donors (Lipinski definition) is 0. The van der Waals surface area contributed by atoms with E-state index in [1.54, 1.807) is 0 Å². The lowest BCUT2D eigenvalue weighted by Crippen LogP contribution is -2.49. The van der Waals surface area contributed by atoms with Gasteiger partial charge in [0.2, 0.25) is 0 Å². The molecule has 0 fully saturated rings. The fraction of sp³-hybridized carbons (Fsp3) is 0.163. The Kier molecular flexibility index (Phi) is 5.92. The van der Waals surface area contributed by atoms with E-state index in [2.05, 4.69) is 156 Å². The summed E-state index contributed by atoms with van der Waals surface area (Å²) < 4.78 is 13.2. The first-order valence-electron chi connectivity index (χ1n) is 17.1. The first-order chi connectivity index (χ1) is 24.0. The van der Waals surface area contributed by atoms with E-state index in [-0.39, 0.29) is 12.3 Å². The van der Waals surface area contributed by atoms with Crippen molar-refractivity contribution in [2.45, 2.75) is 40.0 Å². The predicted octanol–water partition coefficient (Wildman–Crippen LogP) is 11.4. The fourth-order valence-corrected chi connectivity index (χ4v) is 8.42. The number of fused-ring (bicyclic) bond motifs is 8. The van der Waals surface area contributed by atoms with Crippen LogP contribution in [-0.4, -0.2) is 19.0 Å². The summed E-state index contributed by atoms with van der Waals surface area (Å²) in [6, 6.07) is 43.1. The number of anilines is 6. The van der Waals surface area contributed by atoms with E-state index in [0.717, 1.165) is 55.3 Å². The number of rotatable bonds is 4. The summed E-state index contributed by atoms with van der Waals surface area (Å²) >= 11 is 0. The predicted molar refractivity (Wildman–Crippen MR) is 203 cm³/mol. The van der Waals surface area contributed by atoms with E-state index in [1.165, 1.54) is 33.9 Å². The Bertz CT molecular complexity index is 2420. The molecule has 2 aliphatic rings. The van der Waals surface area contributed by atoms with Gasteiger partial charge in [0.25, 0.3) is 0 Å². The van der Waals surface area contributed by atoms with Gasteiger partial charge >= 0.3 is 0 Å². The second kappa shape index (κ2) is 10.3. The Balaban J connectivity index is 1.09. The van der Waals surface area contributed by atoms with Gasteiger partial charge in [-0.15, -0.1) is 0 Å². The van der Waals surface area contributed by atoms with Crippen molar-refractivity contribution in [3.05, 3.63) is 132 Å². The highest BCUT2D eigenvalue weighted by atomic mass is 16.3. The minimum absolute atomic E-state index is 0.0314. The molecule has 0 N–H and O–H groups in total. The quantitative estimate of drug-likeness (QED) is 0.191. The lowest BCUT2D eigenvalue weighted by atomic mass is 10.1. The number of hydrogen-bond acceptors (Lipinski definition) is 6. The molecule has 0 amide bonds. The summed E-state index contributed by atoms with van der Waals surface area (Å²) in [5.74, 6) is 0. The van der Waals surface area contributed by atoms with Crippen LogP contribution in [0.5, 0.6) is 0 Å². The zero-order valence-electron chi connectivity index (χ0n) is 28.0. The number of furan rings is 2. The lowest BCUT2D eigenvalue weighted by Gasteiger charge is -2.37. The zero-order chi connectivity index (χ0) is 33.0. The third kappa shape index (κ3) is 3.88. The molecule has 0 unspecified atom stereocenters. The van der Waals surface area contributed by atoms with Crippen molar-refractivity contribution < 1.29 is 8.83 Å². The summed E-state index contributed by atoms with van der Waals surface area (Å²) in [5, 5.41) is 4.58. The molecule has 2 aliphatic heterocycles. The average Bonchev–Trinajstić information content (AvgIpc) is 3.84. The maximum atomic E-state index is 6.62. The van der Waals surface area contributed by atoms with Gasteiger partial charge in [0, 0.05) is 21.5 Å². The highest BCUT2D eigenvalue weighted by Crippen LogP contribution is 2.52. The Morgan fingerprint density at radius 2 is 0.837 bits per heavy atom. The van der Waals surface area contributed by atoms with E-state index < -0.39 is 0 Å². The van der Waals surface area contributed by atoms with Gasteiger partial charge in [0.1, 0.15) is 23.5 Å². The Labute approximate surface area is 285 Å². The zero-order valence-corrected chi connectivity index (χ0v) is 28.0. The van der Waals surface area contributed by atoms with Gasteiger partial charge < -0.3 is 28.4 Å². The molecule has 6 aromatic carbocycles. The summed E-state index contributed by atoms with van der Waals surface area (Å²) in [5.41, 5.74) is 13.1. The molecule has 6 nitrogen and oxygen atoms in total. The van der Waals surface area contributed by atoms with Crippen LogP contribution in [0.2, 0.25) is 0 Å². The van der Waals surface area contributed by atoms with Gasteiger partial charge in [-0.25, -0.2) is 0 Å². The third-order valence-corrected chi connectivity index (χ3v) is 10.8. The van der Waals surface area contributed by atoms with Gasteiger partial charge in [0.15, 0.2) is 11.2 Å². The summed E-state index contributed by atoms with van der Waals surface area (Å²) in [6.07, 6.45) is 0.0627. The smallest absolute Gasteiger partial charge is 0.159 e. The van der Waals surface area contributed by atoms with Crippen LogP contribution in [-0.2, 0) is 0 Å². The largest absolute Gasteiger partial charge is 0.454 e. The molecule has 4 heterocycles. The normalized spacial score (nSPS) is 17.3. The maximum Gasteiger partial charge on any atom is 0.159 e. The fourth-order valence-electron chi connectivity index (χ4n) is 8.42. The first-order valence-corrected chi connectivity index (χ1v) is 17.1. The summed E-state index contributed by atoms with van der Waals surface area (Å²) in [4.78, 5) is 10.0. The van der Waals surface area contributed by atoms with E-state index >= 15 is 0 Å². The van der Waals surface area contributed by atoms with Crippen LogP contribution < -0.4 is 19.6 Å². The molecular weight excluding hydrogens is 604 g/mol. The average molecular weight is 641 g/mol. The van der Waals surface area contributed by atoms with Crippen LogP contribution in [0.3, 0.4) is 0 Å². The lowest BCUT2D eigenvalue weighted by molar-refractivity contribution is 0.602. The van der Waals surface area contributed by atoms with Crippen molar-refractivity contribution >= 4 is 78.0 Å². The molecule has 0 saturated heterocycles. The van der Waals surface area contributed by atoms with Crippen molar-refractivity contribution in [3.63, 3.8) is 0 Å². The van der Waals surface area contributed by atoms with Gasteiger partial charge in [0.05, 0.1) is 40.8 Å². The summed E-state index contributed by atoms with van der Waals surface area (Å²) in [7, 11) is 0. The molecule has 6 heteroatoms. The van der Waals surface area contributed by atoms with Crippen LogP contribution in [0.1, 0.15) is 25.0 Å². The van der Waals surface area contributed by atoms with Crippen molar-refractivity contribution in [1.29, 1.82) is 0 Å². The standard InChI is InChI=1S/C43H36N4O2/c1-26-21-23-32-30-13-5-11-19-38(30)48-42(32)40(26)46-28(3)44(34-15-7-9-17-36(34)46)25-45-29(4)47(37-18-10-8-16-35(37)45)41-27(2)22-24-33-31-14-6-12-20-39(31)49-43(33)41/h5-24,28-29H,25H2,1-4H3/t28-,29+. The SMILES string of the molecule is Cc1ccc2c(oc3ccccc32)c1N1c2ccccc2N(CN2c3ccccc3N(c3c(C)ccc4c3oc3ccccc34)[C@H]2C)[C@H]1C. The molecule has 2 atom stereocenters. The number of benzene rings is 6. The third-order valence-electron chi connectivity index (χ3n) is 10.8. The van der Waals surface area contributed by atoms with Crippen LogP contribution in [0, 0.1) is 13.8 Å². The van der Waals surface area contributed by atoms with Crippen molar-refractivity contribution in [2.75, 3.05) is 26.3 Å². The van der Waals surface area contributed by atoms with Crippen molar-refractivity contribution in [3.8, 4) is 0 Å². The molecule has 10 rings (SSSR count). The molecule has 0 radical (unpaired) electrons. The van der Waals surface area contributed by atoms with Crippen LogP contribution in [0.25, 0.3) is 43.9 Å². The molecule has 0 bridgehead atoms. The van der Waals surface area contributed by atoms with Crippen LogP contribution in [0.15, 0.2) is 130 Å².